The van der Waals surface area contributed by atoms with Gasteiger partial charge in [0.05, 0.1) is 32.1 Å². The van der Waals surface area contributed by atoms with Gasteiger partial charge in [0.2, 0.25) is 5.95 Å². The number of allylic oxidation sites excluding steroid dienone is 1. The largest absolute Gasteiger partial charge is 0.497 e. The van der Waals surface area contributed by atoms with E-state index >= 15 is 0 Å². The summed E-state index contributed by atoms with van der Waals surface area (Å²) in [4.78, 5) is 17.9. The summed E-state index contributed by atoms with van der Waals surface area (Å²) in [5, 5.41) is 10.5. The Kier molecular flexibility index (Phi) is 7.01. The number of carbonyl (C=O) groups excluding carboxylic acids is 1. The van der Waals surface area contributed by atoms with Crippen LogP contribution in [-0.2, 0) is 4.79 Å². The average Bonchev–Trinajstić information content (AvgIpc) is 3.31. The molecule has 4 rings (SSSR count). The van der Waals surface area contributed by atoms with E-state index in [0.717, 1.165) is 24.2 Å². The molecular formula is C25H29N5O4. The van der Waals surface area contributed by atoms with E-state index in [-0.39, 0.29) is 5.91 Å². The molecule has 1 aliphatic heterocycles. The lowest BCUT2D eigenvalue weighted by molar-refractivity contribution is -0.113. The second-order valence-corrected chi connectivity index (χ2v) is 7.89. The summed E-state index contributed by atoms with van der Waals surface area (Å²) in [5.74, 6) is 2.21. The van der Waals surface area contributed by atoms with Gasteiger partial charge in [-0.05, 0) is 43.2 Å². The molecule has 1 aliphatic rings. The molecule has 9 nitrogen and oxygen atoms in total. The highest BCUT2D eigenvalue weighted by Crippen LogP contribution is 2.37. The first-order valence-corrected chi connectivity index (χ1v) is 11.2. The van der Waals surface area contributed by atoms with Crippen molar-refractivity contribution >= 4 is 17.5 Å². The molecule has 0 bridgehead atoms. The number of benzene rings is 2. The van der Waals surface area contributed by atoms with Gasteiger partial charge in [-0.15, -0.1) is 0 Å². The minimum Gasteiger partial charge on any atom is -0.497 e. The zero-order valence-corrected chi connectivity index (χ0v) is 19.8. The predicted molar refractivity (Wildman–Crippen MR) is 130 cm³/mol. The maximum Gasteiger partial charge on any atom is 0.255 e. The Morgan fingerprint density at radius 2 is 1.88 bits per heavy atom. The Balaban J connectivity index is 1.67. The Morgan fingerprint density at radius 3 is 2.59 bits per heavy atom. The summed E-state index contributed by atoms with van der Waals surface area (Å²) in [6, 6.07) is 12.5. The van der Waals surface area contributed by atoms with Crippen molar-refractivity contribution in [2.75, 3.05) is 31.5 Å². The van der Waals surface area contributed by atoms with Crippen molar-refractivity contribution in [1.82, 2.24) is 14.8 Å². The molecule has 1 amide bonds. The summed E-state index contributed by atoms with van der Waals surface area (Å²) in [6.07, 6.45) is 3.54. The first-order chi connectivity index (χ1) is 16.5. The summed E-state index contributed by atoms with van der Waals surface area (Å²) >= 11 is 0. The Labute approximate surface area is 198 Å². The molecule has 2 aromatic carbocycles. The minimum absolute atomic E-state index is 0.286. The molecule has 0 radical (unpaired) electrons. The van der Waals surface area contributed by atoms with Crippen LogP contribution in [0.25, 0.3) is 0 Å². The highest BCUT2D eigenvalue weighted by molar-refractivity contribution is 6.06. The molecule has 0 unspecified atom stereocenters. The van der Waals surface area contributed by atoms with Crippen LogP contribution < -0.4 is 24.8 Å². The van der Waals surface area contributed by atoms with Crippen LogP contribution in [0.3, 0.4) is 0 Å². The number of rotatable bonds is 9. The molecule has 0 aliphatic carbocycles. The molecule has 3 aromatic rings. The van der Waals surface area contributed by atoms with Gasteiger partial charge >= 0.3 is 0 Å². The van der Waals surface area contributed by atoms with Gasteiger partial charge in [0.25, 0.3) is 5.91 Å². The second-order valence-electron chi connectivity index (χ2n) is 7.89. The van der Waals surface area contributed by atoms with Gasteiger partial charge in [-0.2, -0.15) is 10.1 Å². The minimum atomic E-state index is -0.472. The van der Waals surface area contributed by atoms with Crippen molar-refractivity contribution in [3.05, 3.63) is 65.6 Å². The lowest BCUT2D eigenvalue weighted by Gasteiger charge is -2.29. The van der Waals surface area contributed by atoms with Crippen LogP contribution in [0.4, 0.5) is 11.6 Å². The van der Waals surface area contributed by atoms with E-state index in [1.165, 1.54) is 6.33 Å². The van der Waals surface area contributed by atoms with E-state index in [9.17, 15) is 4.79 Å². The standard InChI is InChI=1S/C25H29N5O4/c1-5-6-13-34-18-9-7-17(8-10-18)23-22(16(2)28-25-26-15-27-30(23)25)24(31)29-20-14-19(32-3)11-12-21(20)33-4/h7-12,14-15,23H,5-6,13H2,1-4H3,(H,29,31)(H,26,27,28)/t23-/m0/s1. The van der Waals surface area contributed by atoms with Gasteiger partial charge in [0.15, 0.2) is 0 Å². The molecule has 2 N–H and O–H groups in total. The van der Waals surface area contributed by atoms with Gasteiger partial charge in [-0.25, -0.2) is 4.68 Å². The number of amides is 1. The van der Waals surface area contributed by atoms with Crippen molar-refractivity contribution < 1.29 is 19.0 Å². The van der Waals surface area contributed by atoms with Crippen LogP contribution in [0.2, 0.25) is 0 Å². The van der Waals surface area contributed by atoms with Crippen LogP contribution in [-0.4, -0.2) is 41.5 Å². The summed E-state index contributed by atoms with van der Waals surface area (Å²) < 4.78 is 18.2. The predicted octanol–water partition coefficient (Wildman–Crippen LogP) is 4.40. The molecule has 0 spiro atoms. The van der Waals surface area contributed by atoms with Crippen LogP contribution >= 0.6 is 0 Å². The zero-order valence-electron chi connectivity index (χ0n) is 19.8. The number of nitrogens with zero attached hydrogens (tertiary/aromatic N) is 3. The van der Waals surface area contributed by atoms with Gasteiger partial charge in [-0.3, -0.25) is 4.79 Å². The van der Waals surface area contributed by atoms with E-state index in [0.29, 0.717) is 41.0 Å². The van der Waals surface area contributed by atoms with E-state index in [1.807, 2.05) is 31.2 Å². The summed E-state index contributed by atoms with van der Waals surface area (Å²) in [7, 11) is 3.13. The zero-order chi connectivity index (χ0) is 24.1. The second kappa shape index (κ2) is 10.3. The Morgan fingerprint density at radius 1 is 1.12 bits per heavy atom. The average molecular weight is 464 g/mol. The number of unbranched alkanes of at least 4 members (excludes halogenated alkanes) is 1. The van der Waals surface area contributed by atoms with Crippen molar-refractivity contribution in [3.8, 4) is 17.2 Å². The Bertz CT molecular complexity index is 1190. The molecule has 1 aromatic heterocycles. The Hall–Kier alpha value is -4.01. The molecule has 2 heterocycles. The van der Waals surface area contributed by atoms with Gasteiger partial charge < -0.3 is 24.8 Å². The first kappa shape index (κ1) is 23.2. The number of carbonyl (C=O) groups is 1. The SMILES string of the molecule is CCCCOc1ccc([C@H]2C(C(=O)Nc3cc(OC)ccc3OC)=C(C)Nc3ncnn32)cc1. The maximum atomic E-state index is 13.6. The number of fused-ring (bicyclic) bond motifs is 1. The molecule has 34 heavy (non-hydrogen) atoms. The number of anilines is 2. The highest BCUT2D eigenvalue weighted by Gasteiger charge is 2.33. The van der Waals surface area contributed by atoms with Crippen molar-refractivity contribution in [3.63, 3.8) is 0 Å². The fraction of sp³-hybridized carbons (Fsp3) is 0.320. The molecule has 178 valence electrons. The number of nitrogens with one attached hydrogen (secondary N) is 2. The molecule has 1 atom stereocenters. The smallest absolute Gasteiger partial charge is 0.255 e. The molecule has 0 saturated carbocycles. The monoisotopic (exact) mass is 463 g/mol. The number of methoxy groups -OCH3 is 2. The third kappa shape index (κ3) is 4.68. The normalized spacial score (nSPS) is 14.8. The van der Waals surface area contributed by atoms with Gasteiger partial charge in [0.1, 0.15) is 29.6 Å². The maximum absolute atomic E-state index is 13.6. The topological polar surface area (TPSA) is 99.5 Å². The number of aromatic nitrogens is 3. The van der Waals surface area contributed by atoms with Crippen LogP contribution in [0, 0.1) is 0 Å². The first-order valence-electron chi connectivity index (χ1n) is 11.2. The van der Waals surface area contributed by atoms with Gasteiger partial charge in [-0.1, -0.05) is 25.5 Å². The molecule has 0 saturated heterocycles. The molecular weight excluding hydrogens is 434 g/mol. The van der Waals surface area contributed by atoms with Gasteiger partial charge in [0, 0.05) is 11.8 Å². The van der Waals surface area contributed by atoms with E-state index in [1.54, 1.807) is 37.1 Å². The summed E-state index contributed by atoms with van der Waals surface area (Å²) in [6.45, 7) is 4.65. The van der Waals surface area contributed by atoms with Crippen LogP contribution in [0.15, 0.2) is 60.1 Å². The van der Waals surface area contributed by atoms with Crippen LogP contribution in [0.5, 0.6) is 17.2 Å². The van der Waals surface area contributed by atoms with Crippen molar-refractivity contribution in [1.29, 1.82) is 0 Å². The lowest BCUT2D eigenvalue weighted by atomic mass is 9.95. The lowest BCUT2D eigenvalue weighted by Crippen LogP contribution is -2.31. The van der Waals surface area contributed by atoms with E-state index in [2.05, 4.69) is 27.6 Å². The quantitative estimate of drug-likeness (QED) is 0.454. The fourth-order valence-corrected chi connectivity index (χ4v) is 3.88. The van der Waals surface area contributed by atoms with Crippen molar-refractivity contribution in [2.24, 2.45) is 0 Å². The van der Waals surface area contributed by atoms with Crippen LogP contribution in [0.1, 0.15) is 38.3 Å². The third-order valence-electron chi connectivity index (χ3n) is 5.66. The third-order valence-corrected chi connectivity index (χ3v) is 5.66. The van der Waals surface area contributed by atoms with E-state index in [4.69, 9.17) is 14.2 Å². The number of hydrogen-bond acceptors (Lipinski definition) is 7. The van der Waals surface area contributed by atoms with Crippen molar-refractivity contribution in [2.45, 2.75) is 32.7 Å². The summed E-state index contributed by atoms with van der Waals surface area (Å²) in [5.41, 5.74) is 2.60. The number of ether oxygens (including phenoxy) is 3. The van der Waals surface area contributed by atoms with E-state index < -0.39 is 6.04 Å². The molecule has 9 heteroatoms. The molecule has 0 fully saturated rings. The highest BCUT2D eigenvalue weighted by atomic mass is 16.5. The fourth-order valence-electron chi connectivity index (χ4n) is 3.88. The number of hydrogen-bond donors (Lipinski definition) is 2.